The average molecular weight is 295 g/mol. The molecule has 0 aromatic carbocycles. The van der Waals surface area contributed by atoms with Gasteiger partial charge in [-0.2, -0.15) is 0 Å². The van der Waals surface area contributed by atoms with Gasteiger partial charge in [-0.25, -0.2) is 4.98 Å². The van der Waals surface area contributed by atoms with Crippen molar-refractivity contribution in [1.29, 1.82) is 0 Å². The summed E-state index contributed by atoms with van der Waals surface area (Å²) in [5, 5.41) is 0. The van der Waals surface area contributed by atoms with Crippen LogP contribution in [0.5, 0.6) is 17.2 Å². The van der Waals surface area contributed by atoms with Crippen LogP contribution in [-0.4, -0.2) is 29.2 Å². The highest BCUT2D eigenvalue weighted by atomic mass is 16.6. The first kappa shape index (κ1) is 16.3. The van der Waals surface area contributed by atoms with Crippen molar-refractivity contribution in [2.24, 2.45) is 0 Å². The smallest absolute Gasteiger partial charge is 0.308 e. The minimum absolute atomic E-state index is 0.124. The summed E-state index contributed by atoms with van der Waals surface area (Å²) in [6, 6.07) is 0. The molecule has 0 aliphatic carbocycles. The molecule has 1 rings (SSSR count). The van der Waals surface area contributed by atoms with E-state index in [1.165, 1.54) is 6.92 Å². The zero-order valence-corrected chi connectivity index (χ0v) is 11.9. The highest BCUT2D eigenvalue weighted by molar-refractivity contribution is 5.85. The molecule has 0 N–H and O–H groups in total. The largest absolute Gasteiger partial charge is 0.421 e. The van der Waals surface area contributed by atoms with Gasteiger partial charge in [0.25, 0.3) is 0 Å². The summed E-state index contributed by atoms with van der Waals surface area (Å²) in [7, 11) is 0. The highest BCUT2D eigenvalue weighted by Crippen LogP contribution is 2.41. The summed E-state index contributed by atoms with van der Waals surface area (Å²) in [6.07, 6.45) is 0.329. The minimum atomic E-state index is -0.758. The maximum absolute atomic E-state index is 11.2. The molecular weight excluding hydrogens is 282 g/mol. The van der Waals surface area contributed by atoms with Gasteiger partial charge in [-0.3, -0.25) is 19.2 Å². The van der Waals surface area contributed by atoms with Crippen LogP contribution in [0.4, 0.5) is 0 Å². The van der Waals surface area contributed by atoms with E-state index in [0.717, 1.165) is 20.8 Å². The molecule has 1 aromatic heterocycles. The molecule has 1 aromatic rings. The summed E-state index contributed by atoms with van der Waals surface area (Å²) in [4.78, 5) is 48.3. The zero-order valence-electron chi connectivity index (χ0n) is 11.9. The number of carbonyl (C=O) groups excluding carboxylic acids is 4. The van der Waals surface area contributed by atoms with Crippen molar-refractivity contribution in [2.75, 3.05) is 0 Å². The Balaban J connectivity index is 3.61. The summed E-state index contributed by atoms with van der Waals surface area (Å²) in [5.41, 5.74) is -0.130. The maximum atomic E-state index is 11.2. The number of hydrogen-bond acceptors (Lipinski definition) is 8. The summed E-state index contributed by atoms with van der Waals surface area (Å²) >= 11 is 0. The van der Waals surface area contributed by atoms with E-state index in [-0.39, 0.29) is 28.6 Å². The van der Waals surface area contributed by atoms with Crippen molar-refractivity contribution in [3.05, 3.63) is 11.4 Å². The SMILES string of the molecule is CC(=O)Oc1c(C)nc(C=O)c(OC(C)=O)c1OC(C)=O. The lowest BCUT2D eigenvalue weighted by molar-refractivity contribution is -0.135. The van der Waals surface area contributed by atoms with E-state index < -0.39 is 17.9 Å². The van der Waals surface area contributed by atoms with Gasteiger partial charge in [-0.1, -0.05) is 0 Å². The molecule has 8 nitrogen and oxygen atoms in total. The molecule has 112 valence electrons. The van der Waals surface area contributed by atoms with Crippen LogP contribution in [0.3, 0.4) is 0 Å². The number of esters is 3. The predicted octanol–water partition coefficient (Wildman–Crippen LogP) is 0.978. The summed E-state index contributed by atoms with van der Waals surface area (Å²) < 4.78 is 14.7. The van der Waals surface area contributed by atoms with E-state index in [4.69, 9.17) is 14.2 Å². The van der Waals surface area contributed by atoms with Crippen LogP contribution in [0.2, 0.25) is 0 Å². The van der Waals surface area contributed by atoms with Crippen molar-refractivity contribution in [3.63, 3.8) is 0 Å². The lowest BCUT2D eigenvalue weighted by Crippen LogP contribution is -2.14. The van der Waals surface area contributed by atoms with Crippen molar-refractivity contribution in [3.8, 4) is 17.2 Å². The third kappa shape index (κ3) is 4.10. The molecule has 0 saturated heterocycles. The molecule has 0 amide bonds. The minimum Gasteiger partial charge on any atom is -0.421 e. The van der Waals surface area contributed by atoms with E-state index in [1.807, 2.05) is 0 Å². The molecule has 0 atom stereocenters. The van der Waals surface area contributed by atoms with Crippen molar-refractivity contribution in [1.82, 2.24) is 4.98 Å². The number of nitrogens with zero attached hydrogens (tertiary/aromatic N) is 1. The summed E-state index contributed by atoms with van der Waals surface area (Å²) in [6.45, 7) is 4.77. The Kier molecular flexibility index (Phi) is 5.12. The zero-order chi connectivity index (χ0) is 16.2. The monoisotopic (exact) mass is 295 g/mol. The highest BCUT2D eigenvalue weighted by Gasteiger charge is 2.25. The standard InChI is InChI=1S/C13H13NO7/c1-6-11(19-7(2)16)13(21-9(4)18)12(20-8(3)17)10(5-15)14-6/h5H,1-4H3. The van der Waals surface area contributed by atoms with Crippen LogP contribution < -0.4 is 14.2 Å². The number of aromatic nitrogens is 1. The quantitative estimate of drug-likeness (QED) is 0.597. The number of rotatable bonds is 4. The number of pyridine rings is 1. The first-order valence-corrected chi connectivity index (χ1v) is 5.81. The van der Waals surface area contributed by atoms with Gasteiger partial charge in [0.15, 0.2) is 12.0 Å². The number of ether oxygens (including phenoxy) is 3. The predicted molar refractivity (Wildman–Crippen MR) is 68.3 cm³/mol. The molecule has 8 heteroatoms. The third-order valence-electron chi connectivity index (χ3n) is 2.11. The molecule has 0 aliphatic rings. The van der Waals surface area contributed by atoms with Gasteiger partial charge in [-0.05, 0) is 6.92 Å². The van der Waals surface area contributed by atoms with Gasteiger partial charge in [0.1, 0.15) is 5.69 Å². The number of aryl methyl sites for hydroxylation is 1. The van der Waals surface area contributed by atoms with Crippen LogP contribution in [-0.2, 0) is 14.4 Å². The molecule has 0 saturated carbocycles. The molecule has 0 spiro atoms. The van der Waals surface area contributed by atoms with E-state index in [9.17, 15) is 19.2 Å². The van der Waals surface area contributed by atoms with Crippen LogP contribution in [0, 0.1) is 6.92 Å². The van der Waals surface area contributed by atoms with Crippen molar-refractivity contribution < 1.29 is 33.4 Å². The second-order valence-electron chi connectivity index (χ2n) is 3.97. The van der Waals surface area contributed by atoms with Crippen molar-refractivity contribution >= 4 is 24.2 Å². The van der Waals surface area contributed by atoms with Gasteiger partial charge < -0.3 is 14.2 Å². The second kappa shape index (κ2) is 6.60. The fourth-order valence-corrected chi connectivity index (χ4v) is 1.49. The number of aldehydes is 1. The molecular formula is C13H13NO7. The maximum Gasteiger partial charge on any atom is 0.308 e. The number of hydrogen-bond donors (Lipinski definition) is 0. The van der Waals surface area contributed by atoms with Crippen LogP contribution in [0.25, 0.3) is 0 Å². The van der Waals surface area contributed by atoms with E-state index in [1.54, 1.807) is 0 Å². The van der Waals surface area contributed by atoms with Gasteiger partial charge in [0.2, 0.25) is 11.5 Å². The van der Waals surface area contributed by atoms with E-state index in [2.05, 4.69) is 4.98 Å². The molecule has 0 fully saturated rings. The molecule has 0 aliphatic heterocycles. The Hall–Kier alpha value is -2.77. The Labute approximate surface area is 120 Å². The average Bonchev–Trinajstić information content (AvgIpc) is 2.35. The van der Waals surface area contributed by atoms with E-state index >= 15 is 0 Å². The Bertz CT molecular complexity index is 621. The summed E-state index contributed by atoms with van der Waals surface area (Å²) in [5.74, 6) is -3.12. The van der Waals surface area contributed by atoms with E-state index in [0.29, 0.717) is 6.29 Å². The fraction of sp³-hybridized carbons (Fsp3) is 0.308. The normalized spacial score (nSPS) is 9.71. The molecule has 0 radical (unpaired) electrons. The van der Waals surface area contributed by atoms with Gasteiger partial charge >= 0.3 is 17.9 Å². The van der Waals surface area contributed by atoms with Gasteiger partial charge in [0, 0.05) is 20.8 Å². The Morgan fingerprint density at radius 2 is 1.29 bits per heavy atom. The molecule has 1 heterocycles. The topological polar surface area (TPSA) is 109 Å². The Morgan fingerprint density at radius 3 is 1.71 bits per heavy atom. The van der Waals surface area contributed by atoms with Crippen LogP contribution >= 0.6 is 0 Å². The van der Waals surface area contributed by atoms with Gasteiger partial charge in [0.05, 0.1) is 5.69 Å². The van der Waals surface area contributed by atoms with Gasteiger partial charge in [-0.15, -0.1) is 0 Å². The molecule has 0 unspecified atom stereocenters. The lowest BCUT2D eigenvalue weighted by Gasteiger charge is -2.15. The van der Waals surface area contributed by atoms with Crippen LogP contribution in [0.1, 0.15) is 37.0 Å². The molecule has 21 heavy (non-hydrogen) atoms. The van der Waals surface area contributed by atoms with Crippen molar-refractivity contribution in [2.45, 2.75) is 27.7 Å². The van der Waals surface area contributed by atoms with Crippen LogP contribution in [0.15, 0.2) is 0 Å². The second-order valence-corrected chi connectivity index (χ2v) is 3.97. The Morgan fingerprint density at radius 1 is 0.857 bits per heavy atom. The fourth-order valence-electron chi connectivity index (χ4n) is 1.49. The number of carbonyl (C=O) groups is 4. The molecule has 0 bridgehead atoms. The third-order valence-corrected chi connectivity index (χ3v) is 2.11. The first-order valence-electron chi connectivity index (χ1n) is 5.81. The lowest BCUT2D eigenvalue weighted by atomic mass is 10.2. The first-order chi connectivity index (χ1) is 9.76.